The van der Waals surface area contributed by atoms with Crippen LogP contribution in [-0.4, -0.2) is 25.8 Å². The van der Waals surface area contributed by atoms with E-state index in [1.54, 1.807) is 36.5 Å². The molecule has 3 heterocycles. The standard InChI is InChI=1S/C15H13ClN8O/c16-12-9(5-3-7-19-12)22-13-11(17)14(21-8-20-13)23-24-15(25)10-4-1-2-6-18-10/h1-8H,17H2,(H,24,25)(H2,20,21,22,23). The number of hydrogen-bond donors (Lipinski definition) is 4. The van der Waals surface area contributed by atoms with E-state index in [9.17, 15) is 4.79 Å². The second-order valence-corrected chi connectivity index (χ2v) is 5.10. The SMILES string of the molecule is Nc1c(NNC(=O)c2ccccn2)ncnc1Nc1cccnc1Cl. The third-order valence-corrected chi connectivity index (χ3v) is 3.39. The number of nitrogen functional groups attached to an aromatic ring is 1. The van der Waals surface area contributed by atoms with Gasteiger partial charge in [0, 0.05) is 12.4 Å². The Labute approximate surface area is 147 Å². The first-order valence-electron chi connectivity index (χ1n) is 7.10. The van der Waals surface area contributed by atoms with Crippen LogP contribution >= 0.6 is 11.6 Å². The lowest BCUT2D eigenvalue weighted by Gasteiger charge is -2.13. The molecule has 0 aliphatic carbocycles. The smallest absolute Gasteiger partial charge is 0.288 e. The average Bonchev–Trinajstić information content (AvgIpc) is 2.64. The molecular formula is C15H13ClN8O. The van der Waals surface area contributed by atoms with Crippen molar-refractivity contribution in [2.75, 3.05) is 16.5 Å². The number of halogens is 1. The Kier molecular flexibility index (Phi) is 4.86. The fraction of sp³-hybridized carbons (Fsp3) is 0. The molecule has 0 saturated carbocycles. The third-order valence-electron chi connectivity index (χ3n) is 3.09. The summed E-state index contributed by atoms with van der Waals surface area (Å²) < 4.78 is 0. The molecule has 9 nitrogen and oxygen atoms in total. The molecule has 5 N–H and O–H groups in total. The summed E-state index contributed by atoms with van der Waals surface area (Å²) in [4.78, 5) is 28.0. The topological polar surface area (TPSA) is 131 Å². The van der Waals surface area contributed by atoms with Gasteiger partial charge in [-0.25, -0.2) is 15.0 Å². The Morgan fingerprint density at radius 3 is 2.56 bits per heavy atom. The molecule has 1 amide bonds. The number of pyridine rings is 2. The minimum absolute atomic E-state index is 0.198. The molecule has 0 aliphatic heterocycles. The fourth-order valence-corrected chi connectivity index (χ4v) is 2.05. The quantitative estimate of drug-likeness (QED) is 0.403. The number of hydrazine groups is 1. The predicted octanol–water partition coefficient (Wildman–Crippen LogP) is 2.00. The van der Waals surface area contributed by atoms with Gasteiger partial charge in [0.25, 0.3) is 5.91 Å². The van der Waals surface area contributed by atoms with E-state index in [1.165, 1.54) is 12.5 Å². The summed E-state index contributed by atoms with van der Waals surface area (Å²) in [5.41, 5.74) is 12.1. The van der Waals surface area contributed by atoms with E-state index >= 15 is 0 Å². The number of nitrogens with two attached hydrogens (primary N) is 1. The number of aromatic nitrogens is 4. The van der Waals surface area contributed by atoms with Gasteiger partial charge in [0.2, 0.25) is 0 Å². The lowest BCUT2D eigenvalue weighted by molar-refractivity contribution is 0.0957. The van der Waals surface area contributed by atoms with Crippen molar-refractivity contribution in [1.82, 2.24) is 25.4 Å². The molecule has 0 fully saturated rings. The van der Waals surface area contributed by atoms with Crippen LogP contribution in [0.4, 0.5) is 23.0 Å². The summed E-state index contributed by atoms with van der Waals surface area (Å²) in [5.74, 6) is 0.115. The molecule has 25 heavy (non-hydrogen) atoms. The fourth-order valence-electron chi connectivity index (χ4n) is 1.88. The first-order valence-corrected chi connectivity index (χ1v) is 7.48. The summed E-state index contributed by atoms with van der Waals surface area (Å²) in [5, 5.41) is 3.24. The molecule has 0 bridgehead atoms. The molecule has 0 aromatic carbocycles. The maximum atomic E-state index is 12.0. The van der Waals surface area contributed by atoms with Gasteiger partial charge in [0.15, 0.2) is 16.8 Å². The van der Waals surface area contributed by atoms with Crippen LogP contribution in [0.2, 0.25) is 5.15 Å². The Bertz CT molecular complexity index is 890. The molecule has 3 aromatic heterocycles. The number of carbonyl (C=O) groups excluding carboxylic acids is 1. The van der Waals surface area contributed by atoms with Gasteiger partial charge >= 0.3 is 0 Å². The second-order valence-electron chi connectivity index (χ2n) is 4.75. The summed E-state index contributed by atoms with van der Waals surface area (Å²) in [7, 11) is 0. The largest absolute Gasteiger partial charge is 0.393 e. The monoisotopic (exact) mass is 356 g/mol. The van der Waals surface area contributed by atoms with Crippen molar-refractivity contribution in [3.05, 3.63) is 59.9 Å². The number of anilines is 4. The molecule has 10 heteroatoms. The number of hydrogen-bond acceptors (Lipinski definition) is 8. The highest BCUT2D eigenvalue weighted by Gasteiger charge is 2.12. The van der Waals surface area contributed by atoms with Crippen molar-refractivity contribution in [3.63, 3.8) is 0 Å². The molecular weight excluding hydrogens is 344 g/mol. The van der Waals surface area contributed by atoms with Crippen LogP contribution in [0.15, 0.2) is 49.1 Å². The first-order chi connectivity index (χ1) is 12.1. The third kappa shape index (κ3) is 3.90. The van der Waals surface area contributed by atoms with Crippen molar-refractivity contribution in [1.29, 1.82) is 0 Å². The van der Waals surface area contributed by atoms with Crippen molar-refractivity contribution >= 4 is 40.5 Å². The predicted molar refractivity (Wildman–Crippen MR) is 94.3 cm³/mol. The maximum absolute atomic E-state index is 12.0. The molecule has 0 aliphatic rings. The average molecular weight is 357 g/mol. The summed E-state index contributed by atoms with van der Waals surface area (Å²) >= 11 is 6.00. The number of nitrogens with one attached hydrogen (secondary N) is 3. The van der Waals surface area contributed by atoms with Gasteiger partial charge in [-0.3, -0.25) is 20.6 Å². The zero-order valence-corrected chi connectivity index (χ0v) is 13.5. The van der Waals surface area contributed by atoms with Crippen LogP contribution in [0.1, 0.15) is 10.5 Å². The molecule has 0 unspecified atom stereocenters. The first kappa shape index (κ1) is 16.4. The Morgan fingerprint density at radius 1 is 1.00 bits per heavy atom. The second kappa shape index (κ2) is 7.41. The molecule has 0 atom stereocenters. The van der Waals surface area contributed by atoms with Crippen LogP contribution in [0.25, 0.3) is 0 Å². The van der Waals surface area contributed by atoms with Crippen LogP contribution in [0.5, 0.6) is 0 Å². The van der Waals surface area contributed by atoms with E-state index in [0.717, 1.165) is 0 Å². The maximum Gasteiger partial charge on any atom is 0.288 e. The molecule has 3 rings (SSSR count). The molecule has 126 valence electrons. The number of amides is 1. The van der Waals surface area contributed by atoms with Crippen LogP contribution < -0.4 is 21.9 Å². The van der Waals surface area contributed by atoms with E-state index in [1.807, 2.05) is 0 Å². The zero-order valence-electron chi connectivity index (χ0n) is 12.8. The van der Waals surface area contributed by atoms with E-state index in [0.29, 0.717) is 11.5 Å². The highest BCUT2D eigenvalue weighted by atomic mass is 35.5. The number of nitrogens with zero attached hydrogens (tertiary/aromatic N) is 4. The summed E-state index contributed by atoms with van der Waals surface area (Å²) in [6.07, 6.45) is 4.38. The molecule has 3 aromatic rings. The summed E-state index contributed by atoms with van der Waals surface area (Å²) in [6, 6.07) is 8.46. The van der Waals surface area contributed by atoms with Gasteiger partial charge < -0.3 is 11.1 Å². The van der Waals surface area contributed by atoms with Gasteiger partial charge in [-0.1, -0.05) is 17.7 Å². The van der Waals surface area contributed by atoms with Crippen molar-refractivity contribution < 1.29 is 4.79 Å². The zero-order chi connectivity index (χ0) is 17.6. The summed E-state index contributed by atoms with van der Waals surface area (Å²) in [6.45, 7) is 0. The van der Waals surface area contributed by atoms with E-state index in [-0.39, 0.29) is 22.4 Å². The molecule has 0 radical (unpaired) electrons. The van der Waals surface area contributed by atoms with Crippen molar-refractivity contribution in [2.24, 2.45) is 0 Å². The van der Waals surface area contributed by atoms with Gasteiger partial charge in [0.05, 0.1) is 5.69 Å². The number of rotatable bonds is 5. The van der Waals surface area contributed by atoms with Gasteiger partial charge in [0.1, 0.15) is 17.7 Å². The highest BCUT2D eigenvalue weighted by Crippen LogP contribution is 2.27. The van der Waals surface area contributed by atoms with Crippen LogP contribution in [0, 0.1) is 0 Å². The van der Waals surface area contributed by atoms with Crippen molar-refractivity contribution in [2.45, 2.75) is 0 Å². The minimum atomic E-state index is -0.427. The lowest BCUT2D eigenvalue weighted by Crippen LogP contribution is -2.31. The van der Waals surface area contributed by atoms with Crippen LogP contribution in [-0.2, 0) is 0 Å². The molecule has 0 saturated heterocycles. The Balaban J connectivity index is 1.73. The van der Waals surface area contributed by atoms with E-state index in [4.69, 9.17) is 17.3 Å². The normalized spacial score (nSPS) is 10.1. The van der Waals surface area contributed by atoms with Gasteiger partial charge in [-0.15, -0.1) is 0 Å². The number of carbonyl (C=O) groups is 1. The minimum Gasteiger partial charge on any atom is -0.393 e. The van der Waals surface area contributed by atoms with Gasteiger partial charge in [-0.05, 0) is 24.3 Å². The van der Waals surface area contributed by atoms with Crippen LogP contribution in [0.3, 0.4) is 0 Å². The Morgan fingerprint density at radius 2 is 1.80 bits per heavy atom. The van der Waals surface area contributed by atoms with E-state index < -0.39 is 5.91 Å². The Hall–Kier alpha value is -3.46. The lowest BCUT2D eigenvalue weighted by atomic mass is 10.3. The van der Waals surface area contributed by atoms with Crippen molar-refractivity contribution in [3.8, 4) is 0 Å². The highest BCUT2D eigenvalue weighted by molar-refractivity contribution is 6.32. The molecule has 0 spiro atoms. The van der Waals surface area contributed by atoms with Gasteiger partial charge in [-0.2, -0.15) is 0 Å². The van der Waals surface area contributed by atoms with E-state index in [2.05, 4.69) is 36.1 Å².